The minimum Gasteiger partial charge on any atom is -0.480 e. The largest absolute Gasteiger partial charge is 0.480 e. The zero-order valence-corrected chi connectivity index (χ0v) is 17.2. The molecule has 0 saturated carbocycles. The van der Waals surface area contributed by atoms with Crippen LogP contribution in [-0.4, -0.2) is 65.4 Å². The van der Waals surface area contributed by atoms with Gasteiger partial charge >= 0.3 is 5.97 Å². The molecular formula is C19H37N3O4. The van der Waals surface area contributed by atoms with Gasteiger partial charge in [0, 0.05) is 32.0 Å². The first-order chi connectivity index (χ1) is 12.0. The number of amides is 2. The smallest absolute Gasteiger partial charge is 0.320 e. The van der Waals surface area contributed by atoms with Crippen molar-refractivity contribution in [2.75, 3.05) is 20.6 Å². The maximum atomic E-state index is 12.6. The lowest BCUT2D eigenvalue weighted by molar-refractivity contribution is -0.144. The van der Waals surface area contributed by atoms with Crippen LogP contribution in [0.15, 0.2) is 0 Å². The molecule has 0 rings (SSSR count). The number of primary amides is 1. The summed E-state index contributed by atoms with van der Waals surface area (Å²) in [7, 11) is 3.59. The number of carbonyl (C=O) groups excluding carboxylic acids is 2. The number of carbonyl (C=O) groups is 3. The topological polar surface area (TPSA) is 104 Å². The predicted molar refractivity (Wildman–Crippen MR) is 103 cm³/mol. The van der Waals surface area contributed by atoms with Crippen LogP contribution in [0.4, 0.5) is 0 Å². The van der Waals surface area contributed by atoms with Gasteiger partial charge in [-0.1, -0.05) is 13.8 Å². The Labute approximate surface area is 157 Å². The minimum atomic E-state index is -0.808. The van der Waals surface area contributed by atoms with Crippen molar-refractivity contribution >= 4 is 17.8 Å². The number of carboxylic acid groups (broad SMARTS) is 1. The fourth-order valence-corrected chi connectivity index (χ4v) is 2.98. The summed E-state index contributed by atoms with van der Waals surface area (Å²) in [4.78, 5) is 38.6. The fraction of sp³-hybridized carbons (Fsp3) is 0.842. The van der Waals surface area contributed by atoms with Gasteiger partial charge in [0.1, 0.15) is 6.04 Å². The van der Waals surface area contributed by atoms with Crippen molar-refractivity contribution in [3.05, 3.63) is 0 Å². The van der Waals surface area contributed by atoms with Crippen molar-refractivity contribution < 1.29 is 19.5 Å². The monoisotopic (exact) mass is 371 g/mol. The summed E-state index contributed by atoms with van der Waals surface area (Å²) in [6, 6.07) is -0.340. The van der Waals surface area contributed by atoms with Gasteiger partial charge in [-0.05, 0) is 52.5 Å². The molecule has 0 aliphatic rings. The third-order valence-corrected chi connectivity index (χ3v) is 5.01. The standard InChI is InChI=1S/C19H37N3O4/c1-13(2)15(10-11-17(20)23)18(24)21(5)12-8-7-9-16(19(25)26)22(6)14(3)4/h13-16H,7-12H2,1-6H3,(H2,20,23)(H,25,26). The van der Waals surface area contributed by atoms with Crippen LogP contribution in [0.2, 0.25) is 0 Å². The van der Waals surface area contributed by atoms with E-state index in [1.54, 1.807) is 11.9 Å². The number of rotatable bonds is 13. The third-order valence-electron chi connectivity index (χ3n) is 5.01. The maximum absolute atomic E-state index is 12.6. The molecule has 7 heteroatoms. The zero-order chi connectivity index (χ0) is 20.4. The van der Waals surface area contributed by atoms with Crippen LogP contribution in [0.3, 0.4) is 0 Å². The van der Waals surface area contributed by atoms with Crippen molar-refractivity contribution in [3.63, 3.8) is 0 Å². The second-order valence-electron chi connectivity index (χ2n) is 7.72. The number of hydrogen-bond acceptors (Lipinski definition) is 4. The van der Waals surface area contributed by atoms with Crippen molar-refractivity contribution in [2.45, 2.75) is 71.9 Å². The van der Waals surface area contributed by atoms with Crippen LogP contribution in [0.25, 0.3) is 0 Å². The molecule has 2 unspecified atom stereocenters. The molecule has 0 radical (unpaired) electrons. The van der Waals surface area contributed by atoms with E-state index in [1.165, 1.54) is 0 Å². The minimum absolute atomic E-state index is 0.0235. The molecule has 3 N–H and O–H groups in total. The highest BCUT2D eigenvalue weighted by molar-refractivity contribution is 5.80. The highest BCUT2D eigenvalue weighted by Gasteiger charge is 2.26. The molecule has 2 amide bonds. The Morgan fingerprint density at radius 1 is 1.00 bits per heavy atom. The van der Waals surface area contributed by atoms with E-state index in [9.17, 15) is 19.5 Å². The maximum Gasteiger partial charge on any atom is 0.320 e. The van der Waals surface area contributed by atoms with Crippen LogP contribution in [0.5, 0.6) is 0 Å². The van der Waals surface area contributed by atoms with E-state index in [2.05, 4.69) is 0 Å². The average Bonchev–Trinajstić information content (AvgIpc) is 2.52. The van der Waals surface area contributed by atoms with Gasteiger partial charge in [-0.3, -0.25) is 19.3 Å². The van der Waals surface area contributed by atoms with Crippen LogP contribution in [-0.2, 0) is 14.4 Å². The van der Waals surface area contributed by atoms with Gasteiger partial charge in [-0.15, -0.1) is 0 Å². The molecule has 0 aromatic carbocycles. The number of nitrogens with zero attached hydrogens (tertiary/aromatic N) is 2. The van der Waals surface area contributed by atoms with E-state index in [1.807, 2.05) is 39.6 Å². The molecular weight excluding hydrogens is 334 g/mol. The van der Waals surface area contributed by atoms with Gasteiger partial charge < -0.3 is 15.7 Å². The fourth-order valence-electron chi connectivity index (χ4n) is 2.98. The molecule has 0 aromatic rings. The predicted octanol–water partition coefficient (Wildman–Crippen LogP) is 1.95. The summed E-state index contributed by atoms with van der Waals surface area (Å²) >= 11 is 0. The van der Waals surface area contributed by atoms with E-state index in [-0.39, 0.29) is 36.1 Å². The number of nitrogens with two attached hydrogens (primary N) is 1. The number of hydrogen-bond donors (Lipinski definition) is 2. The van der Waals surface area contributed by atoms with Crippen LogP contribution >= 0.6 is 0 Å². The number of aliphatic carboxylic acids is 1. The molecule has 0 saturated heterocycles. The lowest BCUT2D eigenvalue weighted by Gasteiger charge is -2.29. The van der Waals surface area contributed by atoms with E-state index in [4.69, 9.17) is 5.73 Å². The van der Waals surface area contributed by atoms with Crippen LogP contribution < -0.4 is 5.73 Å². The second kappa shape index (κ2) is 11.9. The van der Waals surface area contributed by atoms with E-state index in [0.29, 0.717) is 19.4 Å². The van der Waals surface area contributed by atoms with Crippen molar-refractivity contribution in [3.8, 4) is 0 Å². The summed E-state index contributed by atoms with van der Waals surface area (Å²) in [5, 5.41) is 9.38. The lowest BCUT2D eigenvalue weighted by atomic mass is 9.89. The SMILES string of the molecule is CC(C)C(CCC(N)=O)C(=O)N(C)CCCCC(C(=O)O)N(C)C(C)C. The van der Waals surface area contributed by atoms with Gasteiger partial charge in [-0.2, -0.15) is 0 Å². The molecule has 0 spiro atoms. The summed E-state index contributed by atoms with van der Waals surface area (Å²) in [6.45, 7) is 8.46. The van der Waals surface area contributed by atoms with Crippen LogP contribution in [0.1, 0.15) is 59.8 Å². The number of likely N-dealkylation sites (N-methyl/N-ethyl adjacent to an activating group) is 1. The molecule has 7 nitrogen and oxygen atoms in total. The Kier molecular flexibility index (Phi) is 11.1. The van der Waals surface area contributed by atoms with E-state index >= 15 is 0 Å². The summed E-state index contributed by atoms with van der Waals surface area (Å²) in [5.41, 5.74) is 5.20. The van der Waals surface area contributed by atoms with Gasteiger partial charge in [-0.25, -0.2) is 0 Å². The first kappa shape index (κ1) is 24.4. The van der Waals surface area contributed by atoms with Crippen molar-refractivity contribution in [1.29, 1.82) is 0 Å². The molecule has 0 fully saturated rings. The Balaban J connectivity index is 4.49. The first-order valence-electron chi connectivity index (χ1n) is 9.47. The number of unbranched alkanes of at least 4 members (excludes halogenated alkanes) is 1. The average molecular weight is 372 g/mol. The Morgan fingerprint density at radius 2 is 1.58 bits per heavy atom. The lowest BCUT2D eigenvalue weighted by Crippen LogP contribution is -2.42. The highest BCUT2D eigenvalue weighted by atomic mass is 16.4. The molecule has 26 heavy (non-hydrogen) atoms. The second-order valence-corrected chi connectivity index (χ2v) is 7.72. The zero-order valence-electron chi connectivity index (χ0n) is 17.2. The molecule has 152 valence electrons. The van der Waals surface area contributed by atoms with Gasteiger partial charge in [0.2, 0.25) is 11.8 Å². The van der Waals surface area contributed by atoms with Crippen molar-refractivity contribution in [2.24, 2.45) is 17.6 Å². The normalized spacial score (nSPS) is 13.9. The quantitative estimate of drug-likeness (QED) is 0.482. The Morgan fingerprint density at radius 3 is 2.00 bits per heavy atom. The van der Waals surface area contributed by atoms with Crippen molar-refractivity contribution in [1.82, 2.24) is 9.80 Å². The first-order valence-corrected chi connectivity index (χ1v) is 9.47. The molecule has 0 bridgehead atoms. The summed E-state index contributed by atoms with van der Waals surface area (Å²) in [5.74, 6) is -1.25. The van der Waals surface area contributed by atoms with E-state index < -0.39 is 12.0 Å². The molecule has 0 aliphatic heterocycles. The van der Waals surface area contributed by atoms with Gasteiger partial charge in [0.05, 0.1) is 0 Å². The number of carboxylic acids is 1. The van der Waals surface area contributed by atoms with E-state index in [0.717, 1.165) is 12.8 Å². The highest BCUT2D eigenvalue weighted by Crippen LogP contribution is 2.20. The summed E-state index contributed by atoms with van der Waals surface area (Å²) in [6.07, 6.45) is 2.72. The molecule has 0 aromatic heterocycles. The summed E-state index contributed by atoms with van der Waals surface area (Å²) < 4.78 is 0. The van der Waals surface area contributed by atoms with Gasteiger partial charge in [0.25, 0.3) is 0 Å². The molecule has 0 aliphatic carbocycles. The van der Waals surface area contributed by atoms with Gasteiger partial charge in [0.15, 0.2) is 0 Å². The molecule has 0 heterocycles. The van der Waals surface area contributed by atoms with Crippen LogP contribution in [0, 0.1) is 11.8 Å². The third kappa shape index (κ3) is 8.65. The Bertz CT molecular complexity index is 466. The Hall–Kier alpha value is -1.63. The molecule has 2 atom stereocenters.